The second kappa shape index (κ2) is 12.7. The van der Waals surface area contributed by atoms with Gasteiger partial charge in [-0.1, -0.05) is 17.8 Å². The predicted octanol–water partition coefficient (Wildman–Crippen LogP) is 4.64. The number of rotatable bonds is 11. The third-order valence-electron chi connectivity index (χ3n) is 5.54. The van der Waals surface area contributed by atoms with Gasteiger partial charge in [0.25, 0.3) is 0 Å². The number of anilines is 1. The number of thiophene rings is 2. The Hall–Kier alpha value is -2.74. The van der Waals surface area contributed by atoms with Crippen LogP contribution in [-0.2, 0) is 25.5 Å². The van der Waals surface area contributed by atoms with Crippen molar-refractivity contribution in [3.05, 3.63) is 33.5 Å². The molecule has 1 amide bonds. The number of hydrogen-bond acceptors (Lipinski definition) is 11. The number of nitrogens with zero attached hydrogens (tertiary/aromatic N) is 3. The standard InChI is InChI=1S/C24H28N4O6S3/c1-4-32-22(30)18-14(3)19(23(31)33-5-2)37-21(18)25-17(29)13-36-24-27-26-20(16-9-7-11-35-16)28(24)12-15-8-6-10-34-15/h7,9,11,15H,4-6,8,10,12-13H2,1-3H3,(H,25,29). The van der Waals surface area contributed by atoms with Crippen LogP contribution in [0.4, 0.5) is 5.00 Å². The molecule has 3 aromatic rings. The quantitative estimate of drug-likeness (QED) is 0.262. The normalized spacial score (nSPS) is 15.1. The topological polar surface area (TPSA) is 122 Å². The van der Waals surface area contributed by atoms with Crippen molar-refractivity contribution in [2.24, 2.45) is 0 Å². The number of nitrogens with one attached hydrogen (secondary N) is 1. The Morgan fingerprint density at radius 3 is 2.68 bits per heavy atom. The number of thioether (sulfide) groups is 1. The maximum absolute atomic E-state index is 13.0. The average Bonchev–Trinajstić information content (AvgIpc) is 3.67. The van der Waals surface area contributed by atoms with E-state index < -0.39 is 11.9 Å². The van der Waals surface area contributed by atoms with Crippen molar-refractivity contribution in [1.82, 2.24) is 14.8 Å². The van der Waals surface area contributed by atoms with Crippen molar-refractivity contribution >= 4 is 57.3 Å². The molecule has 0 bridgehead atoms. The summed E-state index contributed by atoms with van der Waals surface area (Å²) in [6.07, 6.45) is 2.05. The lowest BCUT2D eigenvalue weighted by molar-refractivity contribution is -0.113. The summed E-state index contributed by atoms with van der Waals surface area (Å²) in [6, 6.07) is 3.94. The molecule has 4 rings (SSSR count). The fourth-order valence-corrected chi connectivity index (χ4v) is 6.44. The summed E-state index contributed by atoms with van der Waals surface area (Å²) in [4.78, 5) is 39.2. The van der Waals surface area contributed by atoms with E-state index in [1.807, 2.05) is 22.1 Å². The van der Waals surface area contributed by atoms with Gasteiger partial charge in [-0.05, 0) is 50.6 Å². The second-order valence-electron chi connectivity index (χ2n) is 8.07. The van der Waals surface area contributed by atoms with Gasteiger partial charge >= 0.3 is 11.9 Å². The van der Waals surface area contributed by atoms with Crippen molar-refractivity contribution in [1.29, 1.82) is 0 Å². The van der Waals surface area contributed by atoms with E-state index in [9.17, 15) is 14.4 Å². The van der Waals surface area contributed by atoms with Crippen LogP contribution in [0.2, 0.25) is 0 Å². The third kappa shape index (κ3) is 6.40. The smallest absolute Gasteiger partial charge is 0.348 e. The van der Waals surface area contributed by atoms with Crippen molar-refractivity contribution < 1.29 is 28.6 Å². The molecule has 0 spiro atoms. The van der Waals surface area contributed by atoms with Crippen LogP contribution in [0.5, 0.6) is 0 Å². The summed E-state index contributed by atoms with van der Waals surface area (Å²) in [5.41, 5.74) is 0.580. The summed E-state index contributed by atoms with van der Waals surface area (Å²) < 4.78 is 18.1. The van der Waals surface area contributed by atoms with Gasteiger partial charge in [-0.3, -0.25) is 9.36 Å². The molecule has 1 aliphatic rings. The van der Waals surface area contributed by atoms with Crippen molar-refractivity contribution in [3.8, 4) is 10.7 Å². The molecule has 0 aliphatic carbocycles. The largest absolute Gasteiger partial charge is 0.462 e. The van der Waals surface area contributed by atoms with Crippen LogP contribution in [-0.4, -0.2) is 64.3 Å². The number of hydrogen-bond donors (Lipinski definition) is 1. The molecule has 1 aliphatic heterocycles. The average molecular weight is 565 g/mol. The molecular formula is C24H28N4O6S3. The molecule has 4 heterocycles. The Morgan fingerprint density at radius 1 is 1.22 bits per heavy atom. The third-order valence-corrected chi connectivity index (χ3v) is 8.56. The van der Waals surface area contributed by atoms with Crippen LogP contribution >= 0.6 is 34.4 Å². The maximum atomic E-state index is 13.0. The molecule has 0 aromatic carbocycles. The lowest BCUT2D eigenvalue weighted by atomic mass is 10.1. The molecule has 0 radical (unpaired) electrons. The van der Waals surface area contributed by atoms with Crippen LogP contribution in [0, 0.1) is 6.92 Å². The molecular weight excluding hydrogens is 536 g/mol. The van der Waals surface area contributed by atoms with Crippen LogP contribution in [0.25, 0.3) is 10.7 Å². The minimum atomic E-state index is -0.605. The van der Waals surface area contributed by atoms with Crippen LogP contribution < -0.4 is 5.32 Å². The lowest BCUT2D eigenvalue weighted by Gasteiger charge is -2.14. The Morgan fingerprint density at radius 2 is 2.00 bits per heavy atom. The summed E-state index contributed by atoms with van der Waals surface area (Å²) in [7, 11) is 0. The highest BCUT2D eigenvalue weighted by molar-refractivity contribution is 7.99. The van der Waals surface area contributed by atoms with E-state index in [0.717, 1.165) is 41.5 Å². The summed E-state index contributed by atoms with van der Waals surface area (Å²) in [5.74, 6) is -0.731. The Balaban J connectivity index is 1.51. The molecule has 0 saturated carbocycles. The number of amides is 1. The van der Waals surface area contributed by atoms with E-state index in [-0.39, 0.29) is 46.4 Å². The van der Waals surface area contributed by atoms with E-state index >= 15 is 0 Å². The molecule has 10 nitrogen and oxygen atoms in total. The summed E-state index contributed by atoms with van der Waals surface area (Å²) in [6.45, 7) is 6.74. The van der Waals surface area contributed by atoms with E-state index in [2.05, 4.69) is 15.5 Å². The predicted molar refractivity (Wildman–Crippen MR) is 143 cm³/mol. The van der Waals surface area contributed by atoms with E-state index in [4.69, 9.17) is 14.2 Å². The van der Waals surface area contributed by atoms with Gasteiger partial charge in [0, 0.05) is 6.61 Å². The van der Waals surface area contributed by atoms with E-state index in [1.165, 1.54) is 11.8 Å². The number of carbonyl (C=O) groups excluding carboxylic acids is 3. The molecule has 3 aromatic heterocycles. The Bertz CT molecular complexity index is 1250. The monoisotopic (exact) mass is 564 g/mol. The molecule has 13 heteroatoms. The second-order valence-corrected chi connectivity index (χ2v) is 11.0. The minimum absolute atomic E-state index is 0.0298. The molecule has 198 valence electrons. The Kier molecular flexibility index (Phi) is 9.35. The Labute approximate surface area is 226 Å². The summed E-state index contributed by atoms with van der Waals surface area (Å²) in [5, 5.41) is 14.3. The number of aromatic nitrogens is 3. The first-order chi connectivity index (χ1) is 17.9. The number of ether oxygens (including phenoxy) is 3. The van der Waals surface area contributed by atoms with Gasteiger partial charge in [0.15, 0.2) is 11.0 Å². The van der Waals surface area contributed by atoms with Gasteiger partial charge in [0.2, 0.25) is 5.91 Å². The maximum Gasteiger partial charge on any atom is 0.348 e. The number of carbonyl (C=O) groups is 3. The van der Waals surface area contributed by atoms with E-state index in [0.29, 0.717) is 17.3 Å². The van der Waals surface area contributed by atoms with Gasteiger partial charge in [-0.25, -0.2) is 9.59 Å². The van der Waals surface area contributed by atoms with Gasteiger partial charge < -0.3 is 19.5 Å². The lowest BCUT2D eigenvalue weighted by Crippen LogP contribution is -2.18. The van der Waals surface area contributed by atoms with Gasteiger partial charge in [0.05, 0.1) is 42.1 Å². The minimum Gasteiger partial charge on any atom is -0.462 e. The van der Waals surface area contributed by atoms with Crippen molar-refractivity contribution in [2.45, 2.75) is 51.4 Å². The molecule has 37 heavy (non-hydrogen) atoms. The zero-order valence-electron chi connectivity index (χ0n) is 20.8. The SMILES string of the molecule is CCOC(=O)c1sc(NC(=O)CSc2nnc(-c3cccs3)n2CC2CCCO2)c(C(=O)OCC)c1C. The van der Waals surface area contributed by atoms with Crippen molar-refractivity contribution in [3.63, 3.8) is 0 Å². The fraction of sp³-hybridized carbons (Fsp3) is 0.458. The molecule has 1 saturated heterocycles. The molecule has 1 fully saturated rings. The van der Waals surface area contributed by atoms with Gasteiger partial charge in [-0.2, -0.15) is 0 Å². The molecule has 1 unspecified atom stereocenters. The van der Waals surface area contributed by atoms with Crippen molar-refractivity contribution in [2.75, 3.05) is 30.9 Å². The zero-order chi connectivity index (χ0) is 26.4. The molecule has 1 atom stereocenters. The van der Waals surface area contributed by atoms with Gasteiger partial charge in [-0.15, -0.1) is 32.9 Å². The van der Waals surface area contributed by atoms with Crippen LogP contribution in [0.3, 0.4) is 0 Å². The number of esters is 2. The first kappa shape index (κ1) is 27.3. The first-order valence-corrected chi connectivity index (χ1v) is 14.6. The zero-order valence-corrected chi connectivity index (χ0v) is 23.2. The van der Waals surface area contributed by atoms with E-state index in [1.54, 1.807) is 32.1 Å². The van der Waals surface area contributed by atoms with Crippen LogP contribution in [0.1, 0.15) is 52.3 Å². The molecule has 1 N–H and O–H groups in total. The highest BCUT2D eigenvalue weighted by Gasteiger charge is 2.28. The van der Waals surface area contributed by atoms with Gasteiger partial charge in [0.1, 0.15) is 9.88 Å². The summed E-state index contributed by atoms with van der Waals surface area (Å²) >= 11 is 3.82. The van der Waals surface area contributed by atoms with Crippen LogP contribution in [0.15, 0.2) is 22.7 Å². The first-order valence-electron chi connectivity index (χ1n) is 11.9. The highest BCUT2D eigenvalue weighted by atomic mass is 32.2. The highest BCUT2D eigenvalue weighted by Crippen LogP contribution is 2.35. The fourth-order valence-electron chi connectivity index (χ4n) is 3.87.